The van der Waals surface area contributed by atoms with E-state index >= 15 is 0 Å². The standard InChI is InChI=1S/C18H16Cl3N3O6S2/c19-9-2-1-8(12(20)4-9)3-15(25)23-10-5-13(17(27)28)24(7-10)16(26)11-6-14(21)31-18(11)32(22,29)30/h1-2,4,6,10,13H,3,5,7H2,(H,23,25)(H,27,28)(H2,22,29,30)/t10-,13-/m1/s1. The number of thiophene rings is 1. The van der Waals surface area contributed by atoms with Gasteiger partial charge in [-0.3, -0.25) is 9.59 Å². The monoisotopic (exact) mass is 539 g/mol. The number of hydrogen-bond donors (Lipinski definition) is 3. The van der Waals surface area contributed by atoms with Crippen molar-refractivity contribution >= 4 is 73.9 Å². The number of nitrogens with zero attached hydrogens (tertiary/aromatic N) is 1. The molecule has 0 spiro atoms. The molecule has 1 aliphatic rings. The summed E-state index contributed by atoms with van der Waals surface area (Å²) in [5, 5.41) is 18.1. The Kier molecular flexibility index (Phi) is 7.38. The van der Waals surface area contributed by atoms with E-state index in [1.165, 1.54) is 6.07 Å². The molecule has 0 bridgehead atoms. The number of benzene rings is 1. The van der Waals surface area contributed by atoms with Gasteiger partial charge in [0.2, 0.25) is 15.9 Å². The maximum atomic E-state index is 13.0. The summed E-state index contributed by atoms with van der Waals surface area (Å²) >= 11 is 18.4. The molecule has 0 radical (unpaired) electrons. The van der Waals surface area contributed by atoms with Crippen molar-refractivity contribution in [3.05, 3.63) is 49.8 Å². The largest absolute Gasteiger partial charge is 0.480 e. The second kappa shape index (κ2) is 9.54. The number of sulfonamides is 1. The molecule has 172 valence electrons. The number of hydrogen-bond acceptors (Lipinski definition) is 6. The van der Waals surface area contributed by atoms with E-state index in [4.69, 9.17) is 39.9 Å². The molecule has 1 aromatic carbocycles. The molecule has 2 heterocycles. The van der Waals surface area contributed by atoms with Crippen molar-refractivity contribution in [3.8, 4) is 0 Å². The van der Waals surface area contributed by atoms with Crippen molar-refractivity contribution in [2.75, 3.05) is 6.54 Å². The first-order valence-electron chi connectivity index (χ1n) is 8.96. The van der Waals surface area contributed by atoms with Gasteiger partial charge in [0.25, 0.3) is 5.91 Å². The second-order valence-corrected chi connectivity index (χ2v) is 11.3. The molecule has 1 aliphatic heterocycles. The quantitative estimate of drug-likeness (QED) is 0.512. The van der Waals surface area contributed by atoms with Crippen molar-refractivity contribution in [2.24, 2.45) is 5.14 Å². The third kappa shape index (κ3) is 5.53. The molecular formula is C18H16Cl3N3O6S2. The van der Waals surface area contributed by atoms with E-state index in [9.17, 15) is 27.9 Å². The summed E-state index contributed by atoms with van der Waals surface area (Å²) in [7, 11) is -4.25. The Morgan fingerprint density at radius 3 is 2.50 bits per heavy atom. The number of carboxylic acid groups (broad SMARTS) is 1. The first-order valence-corrected chi connectivity index (χ1v) is 12.5. The van der Waals surface area contributed by atoms with Crippen LogP contribution in [0.3, 0.4) is 0 Å². The van der Waals surface area contributed by atoms with Gasteiger partial charge in [0.1, 0.15) is 10.3 Å². The minimum Gasteiger partial charge on any atom is -0.480 e. The molecule has 4 N–H and O–H groups in total. The van der Waals surface area contributed by atoms with Crippen LogP contribution >= 0.6 is 46.1 Å². The maximum Gasteiger partial charge on any atom is 0.326 e. The molecule has 1 fully saturated rings. The molecule has 2 atom stereocenters. The summed E-state index contributed by atoms with van der Waals surface area (Å²) < 4.78 is 23.2. The Morgan fingerprint density at radius 2 is 1.91 bits per heavy atom. The van der Waals surface area contributed by atoms with E-state index in [1.54, 1.807) is 12.1 Å². The van der Waals surface area contributed by atoms with Gasteiger partial charge in [-0.25, -0.2) is 18.4 Å². The third-order valence-electron chi connectivity index (χ3n) is 4.73. The van der Waals surface area contributed by atoms with E-state index in [-0.39, 0.29) is 29.3 Å². The van der Waals surface area contributed by atoms with E-state index in [1.807, 2.05) is 0 Å². The Labute approximate surface area is 202 Å². The molecule has 2 aromatic rings. The van der Waals surface area contributed by atoms with Gasteiger partial charge in [-0.05, 0) is 23.8 Å². The number of primary sulfonamides is 1. The van der Waals surface area contributed by atoms with Crippen LogP contribution in [-0.2, 0) is 26.0 Å². The van der Waals surface area contributed by atoms with Crippen LogP contribution in [0.25, 0.3) is 0 Å². The number of amides is 2. The number of carbonyl (C=O) groups excluding carboxylic acids is 2. The zero-order valence-corrected chi connectivity index (χ0v) is 19.9. The minimum absolute atomic E-state index is 0.00754. The van der Waals surface area contributed by atoms with Crippen molar-refractivity contribution < 1.29 is 27.9 Å². The van der Waals surface area contributed by atoms with Crippen LogP contribution in [0.2, 0.25) is 14.4 Å². The van der Waals surface area contributed by atoms with E-state index in [0.717, 1.165) is 11.0 Å². The first kappa shape index (κ1) is 24.7. The maximum absolute atomic E-state index is 13.0. The summed E-state index contributed by atoms with van der Waals surface area (Å²) in [6, 6.07) is 3.86. The fourth-order valence-corrected chi connectivity index (χ4v) is 6.13. The van der Waals surface area contributed by atoms with Gasteiger partial charge in [-0.1, -0.05) is 40.9 Å². The molecule has 32 heavy (non-hydrogen) atoms. The summed E-state index contributed by atoms with van der Waals surface area (Å²) in [5.74, 6) is -2.59. The van der Waals surface area contributed by atoms with Crippen molar-refractivity contribution in [2.45, 2.75) is 29.1 Å². The lowest BCUT2D eigenvalue weighted by molar-refractivity contribution is -0.141. The number of likely N-dealkylation sites (tertiary alicyclic amines) is 1. The smallest absolute Gasteiger partial charge is 0.326 e. The summed E-state index contributed by atoms with van der Waals surface area (Å²) in [6.45, 7) is -0.145. The molecule has 0 saturated carbocycles. The minimum atomic E-state index is -4.25. The average molecular weight is 541 g/mol. The number of halogens is 3. The van der Waals surface area contributed by atoms with E-state index < -0.39 is 44.1 Å². The SMILES string of the molecule is NS(=O)(=O)c1sc(Cl)cc1C(=O)N1C[C@H](NC(=O)Cc2ccc(Cl)cc2Cl)C[C@@H]1C(=O)O. The zero-order chi connectivity index (χ0) is 23.8. The normalized spacial score (nSPS) is 18.6. The number of aliphatic carboxylic acids is 1. The highest BCUT2D eigenvalue weighted by Gasteiger charge is 2.42. The topological polar surface area (TPSA) is 147 Å². The fraction of sp³-hybridized carbons (Fsp3) is 0.278. The van der Waals surface area contributed by atoms with Crippen LogP contribution in [0, 0.1) is 0 Å². The highest BCUT2D eigenvalue weighted by Crippen LogP contribution is 2.32. The number of carboxylic acids is 1. The zero-order valence-electron chi connectivity index (χ0n) is 16.0. The number of rotatable bonds is 6. The van der Waals surface area contributed by atoms with Crippen LogP contribution in [0.15, 0.2) is 28.5 Å². The van der Waals surface area contributed by atoms with Gasteiger partial charge in [0.15, 0.2) is 0 Å². The Bertz CT molecular complexity index is 1200. The van der Waals surface area contributed by atoms with Crippen LogP contribution in [0.4, 0.5) is 0 Å². The van der Waals surface area contributed by atoms with Crippen LogP contribution in [0.5, 0.6) is 0 Å². The van der Waals surface area contributed by atoms with Gasteiger partial charge in [0, 0.05) is 29.1 Å². The molecule has 0 aliphatic carbocycles. The van der Waals surface area contributed by atoms with Crippen molar-refractivity contribution in [1.29, 1.82) is 0 Å². The Hall–Kier alpha value is -1.89. The van der Waals surface area contributed by atoms with E-state index in [2.05, 4.69) is 5.32 Å². The highest BCUT2D eigenvalue weighted by atomic mass is 35.5. The molecular weight excluding hydrogens is 525 g/mol. The molecule has 2 amide bonds. The van der Waals surface area contributed by atoms with Gasteiger partial charge in [-0.2, -0.15) is 0 Å². The molecule has 1 aromatic heterocycles. The highest BCUT2D eigenvalue weighted by molar-refractivity contribution is 7.91. The van der Waals surface area contributed by atoms with Crippen LogP contribution in [0.1, 0.15) is 22.3 Å². The van der Waals surface area contributed by atoms with Crippen molar-refractivity contribution in [1.82, 2.24) is 10.2 Å². The predicted molar refractivity (Wildman–Crippen MR) is 120 cm³/mol. The molecule has 0 unspecified atom stereocenters. The van der Waals surface area contributed by atoms with Crippen LogP contribution < -0.4 is 10.5 Å². The Balaban J connectivity index is 1.77. The molecule has 9 nitrogen and oxygen atoms in total. The summed E-state index contributed by atoms with van der Waals surface area (Å²) in [5.41, 5.74) is 0.216. The second-order valence-electron chi connectivity index (χ2n) is 7.02. The number of nitrogens with two attached hydrogens (primary N) is 1. The molecule has 1 saturated heterocycles. The van der Waals surface area contributed by atoms with E-state index in [0.29, 0.717) is 26.9 Å². The predicted octanol–water partition coefficient (Wildman–Crippen LogP) is 2.38. The third-order valence-corrected chi connectivity index (χ3v) is 8.06. The van der Waals surface area contributed by atoms with Gasteiger partial charge >= 0.3 is 5.97 Å². The van der Waals surface area contributed by atoms with Gasteiger partial charge < -0.3 is 15.3 Å². The van der Waals surface area contributed by atoms with Gasteiger partial charge in [0.05, 0.1) is 16.3 Å². The van der Waals surface area contributed by atoms with Gasteiger partial charge in [-0.15, -0.1) is 11.3 Å². The average Bonchev–Trinajstić information content (AvgIpc) is 3.27. The number of nitrogens with one attached hydrogen (secondary N) is 1. The summed E-state index contributed by atoms with van der Waals surface area (Å²) in [4.78, 5) is 38.2. The lowest BCUT2D eigenvalue weighted by Crippen LogP contribution is -2.42. The lowest BCUT2D eigenvalue weighted by atomic mass is 10.1. The number of carbonyl (C=O) groups is 3. The van der Waals surface area contributed by atoms with Crippen LogP contribution in [-0.4, -0.2) is 54.8 Å². The van der Waals surface area contributed by atoms with Crippen molar-refractivity contribution in [3.63, 3.8) is 0 Å². The molecule has 3 rings (SSSR count). The lowest BCUT2D eigenvalue weighted by Gasteiger charge is -2.21. The summed E-state index contributed by atoms with van der Waals surface area (Å²) in [6.07, 6.45) is -0.141. The Morgan fingerprint density at radius 1 is 1.22 bits per heavy atom. The first-order chi connectivity index (χ1) is 14.9. The fourth-order valence-electron chi connectivity index (χ4n) is 3.38. The molecule has 14 heteroatoms.